The van der Waals surface area contributed by atoms with E-state index in [9.17, 15) is 0 Å². The topological polar surface area (TPSA) is 18.5 Å². The molecule has 0 N–H and O–H groups in total. The first-order valence-electron chi connectivity index (χ1n) is 8.48. The molecule has 1 heterocycles. The molecular weight excluding hydrogens is 292 g/mol. The first kappa shape index (κ1) is 16.9. The Morgan fingerprint density at radius 1 is 1.14 bits per heavy atom. The van der Waals surface area contributed by atoms with Gasteiger partial charge in [0.1, 0.15) is 14.2 Å². The van der Waals surface area contributed by atoms with Gasteiger partial charge in [0.05, 0.1) is 0 Å². The van der Waals surface area contributed by atoms with Gasteiger partial charge in [0, 0.05) is 6.61 Å². The highest BCUT2D eigenvalue weighted by molar-refractivity contribution is 6.60. The smallest absolute Gasteiger partial charge is 0.177 e. The van der Waals surface area contributed by atoms with Crippen molar-refractivity contribution in [1.82, 2.24) is 0 Å². The van der Waals surface area contributed by atoms with Gasteiger partial charge in [-0.15, -0.1) is 0 Å². The molecule has 1 aliphatic rings. The van der Waals surface area contributed by atoms with Crippen LogP contribution in [0.4, 0.5) is 0 Å². The number of aryl methyl sites for hydroxylation is 1. The van der Waals surface area contributed by atoms with Crippen molar-refractivity contribution >= 4 is 17.8 Å². The van der Waals surface area contributed by atoms with Crippen molar-refractivity contribution in [3.8, 4) is 0 Å². The molecule has 1 aliphatic heterocycles. The van der Waals surface area contributed by atoms with Crippen LogP contribution in [0.5, 0.6) is 0 Å². The van der Waals surface area contributed by atoms with Crippen molar-refractivity contribution in [2.75, 3.05) is 6.61 Å². The molecule has 0 radical (unpaired) electrons. The molecule has 2 unspecified atom stereocenters. The van der Waals surface area contributed by atoms with E-state index in [1.165, 1.54) is 37.3 Å². The van der Waals surface area contributed by atoms with Gasteiger partial charge >= 0.3 is 0 Å². The molecule has 0 aromatic heterocycles. The van der Waals surface area contributed by atoms with Crippen LogP contribution in [0, 0.1) is 0 Å². The van der Waals surface area contributed by atoms with E-state index in [0.29, 0.717) is 0 Å². The third-order valence-corrected chi connectivity index (χ3v) is 9.11. The minimum atomic E-state index is -1.13. The minimum Gasteiger partial charge on any atom is -0.397 e. The quantitative estimate of drug-likeness (QED) is 0.709. The lowest BCUT2D eigenvalue weighted by Crippen LogP contribution is -2.52. The van der Waals surface area contributed by atoms with E-state index in [1.54, 1.807) is 0 Å². The van der Waals surface area contributed by atoms with Crippen LogP contribution in [0.1, 0.15) is 31.2 Å². The normalized spacial score (nSPS) is 24.2. The maximum absolute atomic E-state index is 6.56. The molecule has 4 heteroatoms. The lowest BCUT2D eigenvalue weighted by molar-refractivity contribution is -0.151. The summed E-state index contributed by atoms with van der Waals surface area (Å²) >= 11 is 0. The third kappa shape index (κ3) is 5.06. The van der Waals surface area contributed by atoms with Crippen molar-refractivity contribution < 1.29 is 9.16 Å². The molecule has 21 heavy (non-hydrogen) atoms. The highest BCUT2D eigenvalue weighted by atomic mass is 28.3. The molecule has 2 nitrogen and oxygen atoms in total. The van der Waals surface area contributed by atoms with Crippen LogP contribution in [-0.4, -0.2) is 29.9 Å². The zero-order valence-corrected chi connectivity index (χ0v) is 16.1. The highest BCUT2D eigenvalue weighted by Crippen LogP contribution is 2.30. The molecule has 0 aliphatic carbocycles. The largest absolute Gasteiger partial charge is 0.397 e. The van der Waals surface area contributed by atoms with Gasteiger partial charge in [0.2, 0.25) is 0 Å². The van der Waals surface area contributed by atoms with Crippen LogP contribution in [0.25, 0.3) is 0 Å². The average molecular weight is 323 g/mol. The number of benzene rings is 1. The average Bonchev–Trinajstić information content (AvgIpc) is 2.49. The van der Waals surface area contributed by atoms with Crippen LogP contribution in [0.2, 0.25) is 25.7 Å². The summed E-state index contributed by atoms with van der Waals surface area (Å²) < 4.78 is 12.7. The monoisotopic (exact) mass is 322 g/mol. The third-order valence-electron chi connectivity index (χ3n) is 4.47. The Balaban J connectivity index is 1.78. The summed E-state index contributed by atoms with van der Waals surface area (Å²) in [4.78, 5) is 0. The molecule has 1 aromatic rings. The molecule has 1 aromatic carbocycles. The van der Waals surface area contributed by atoms with Crippen molar-refractivity contribution in [2.24, 2.45) is 0 Å². The SMILES string of the molecule is C[SiH](CCCc1ccccc1)OC1([SiH](C)C)CCCCO1. The van der Waals surface area contributed by atoms with Crippen molar-refractivity contribution in [1.29, 1.82) is 0 Å². The maximum Gasteiger partial charge on any atom is 0.177 e. The molecule has 0 amide bonds. The zero-order chi connectivity index (χ0) is 15.1. The van der Waals surface area contributed by atoms with Crippen molar-refractivity contribution in [3.05, 3.63) is 35.9 Å². The molecule has 2 rings (SSSR count). The summed E-state index contributed by atoms with van der Waals surface area (Å²) in [5, 5.41) is 0. The second kappa shape index (κ2) is 8.27. The van der Waals surface area contributed by atoms with Gasteiger partial charge in [-0.3, -0.25) is 0 Å². The van der Waals surface area contributed by atoms with Crippen LogP contribution in [-0.2, 0) is 15.6 Å². The number of rotatable bonds is 7. The van der Waals surface area contributed by atoms with Crippen LogP contribution in [0.3, 0.4) is 0 Å². The van der Waals surface area contributed by atoms with E-state index >= 15 is 0 Å². The fourth-order valence-electron chi connectivity index (χ4n) is 3.11. The van der Waals surface area contributed by atoms with Crippen molar-refractivity contribution in [3.63, 3.8) is 0 Å². The summed E-state index contributed by atoms with van der Waals surface area (Å²) in [6.07, 6.45) is 6.03. The summed E-state index contributed by atoms with van der Waals surface area (Å²) in [6, 6.07) is 12.0. The van der Waals surface area contributed by atoms with Gasteiger partial charge in [-0.05, 0) is 50.3 Å². The molecule has 118 valence electrons. The molecule has 1 fully saturated rings. The summed E-state index contributed by atoms with van der Waals surface area (Å²) in [6.45, 7) is 7.99. The highest BCUT2D eigenvalue weighted by Gasteiger charge is 2.39. The predicted molar refractivity (Wildman–Crippen MR) is 95.1 cm³/mol. The molecule has 2 atom stereocenters. The summed E-state index contributed by atoms with van der Waals surface area (Å²) in [7, 11) is -2.08. The van der Waals surface area contributed by atoms with Gasteiger partial charge in [-0.2, -0.15) is 0 Å². The second-order valence-electron chi connectivity index (χ2n) is 6.58. The molecule has 0 saturated carbocycles. The van der Waals surface area contributed by atoms with E-state index in [0.717, 1.165) is 13.0 Å². The molecular formula is C17H30O2Si2. The summed E-state index contributed by atoms with van der Waals surface area (Å²) in [5.74, 6) is 0. The van der Waals surface area contributed by atoms with Gasteiger partial charge in [0.15, 0.2) is 9.04 Å². The Kier molecular flexibility index (Phi) is 6.67. The number of ether oxygens (including phenoxy) is 1. The molecule has 0 bridgehead atoms. The van der Waals surface area contributed by atoms with Crippen LogP contribution in [0.15, 0.2) is 30.3 Å². The van der Waals surface area contributed by atoms with E-state index in [1.807, 2.05) is 0 Å². The van der Waals surface area contributed by atoms with Crippen LogP contribution >= 0.6 is 0 Å². The Morgan fingerprint density at radius 3 is 2.52 bits per heavy atom. The van der Waals surface area contributed by atoms with Crippen molar-refractivity contribution in [2.45, 2.75) is 63.2 Å². The van der Waals surface area contributed by atoms with E-state index < -0.39 is 17.8 Å². The fourth-order valence-corrected chi connectivity index (χ4v) is 7.89. The number of hydrogen-bond donors (Lipinski definition) is 0. The first-order chi connectivity index (χ1) is 10.1. The lowest BCUT2D eigenvalue weighted by Gasteiger charge is -2.42. The first-order valence-corrected chi connectivity index (χ1v) is 13.8. The second-order valence-corrected chi connectivity index (χ2v) is 12.2. The summed E-state index contributed by atoms with van der Waals surface area (Å²) in [5.41, 5.74) is 1.30. The van der Waals surface area contributed by atoms with Gasteiger partial charge < -0.3 is 9.16 Å². The predicted octanol–water partition coefficient (Wildman–Crippen LogP) is 3.91. The standard InChI is InChI=1S/C17H30O2Si2/c1-20(2)17(13-7-8-14-18-17)19-21(3)15-9-12-16-10-5-4-6-11-16/h4-6,10-11,20-21H,7-9,12-15H2,1-3H3. The Hall–Kier alpha value is -0.426. The van der Waals surface area contributed by atoms with E-state index in [4.69, 9.17) is 9.16 Å². The van der Waals surface area contributed by atoms with Gasteiger partial charge in [-0.25, -0.2) is 0 Å². The van der Waals surface area contributed by atoms with Gasteiger partial charge in [-0.1, -0.05) is 43.4 Å². The Morgan fingerprint density at radius 2 is 1.90 bits per heavy atom. The zero-order valence-electron chi connectivity index (χ0n) is 13.8. The van der Waals surface area contributed by atoms with E-state index in [2.05, 4.69) is 50.0 Å². The molecule has 1 saturated heterocycles. The van der Waals surface area contributed by atoms with Crippen LogP contribution < -0.4 is 0 Å². The maximum atomic E-state index is 6.56. The number of hydrogen-bond acceptors (Lipinski definition) is 2. The lowest BCUT2D eigenvalue weighted by atomic mass is 10.1. The van der Waals surface area contributed by atoms with Gasteiger partial charge in [0.25, 0.3) is 0 Å². The molecule has 0 spiro atoms. The van der Waals surface area contributed by atoms with E-state index in [-0.39, 0.29) is 5.41 Å². The Labute approximate surface area is 133 Å². The minimum absolute atomic E-state index is 0.142. The fraction of sp³-hybridized carbons (Fsp3) is 0.647. The Bertz CT molecular complexity index is 403.